The van der Waals surface area contributed by atoms with Crippen LogP contribution in [-0.4, -0.2) is 50.0 Å². The molecule has 0 radical (unpaired) electrons. The first-order valence-electron chi connectivity index (χ1n) is 14.1. The lowest BCUT2D eigenvalue weighted by molar-refractivity contribution is -0.140. The molecule has 0 bridgehead atoms. The van der Waals surface area contributed by atoms with Crippen LogP contribution in [0, 0.1) is 18.6 Å². The first-order valence-corrected chi connectivity index (χ1v) is 16.0. The van der Waals surface area contributed by atoms with E-state index in [0.717, 1.165) is 77.6 Å². The molecule has 1 N–H and O–H groups in total. The van der Waals surface area contributed by atoms with E-state index in [9.17, 15) is 26.8 Å². The predicted octanol–water partition coefficient (Wildman–Crippen LogP) is 5.13. The van der Waals surface area contributed by atoms with Crippen LogP contribution in [0.15, 0.2) is 72.8 Å². The average Bonchev–Trinajstić information content (AvgIpc) is 2.96. The molecule has 2 amide bonds. The van der Waals surface area contributed by atoms with Gasteiger partial charge in [0.2, 0.25) is 21.8 Å². The normalized spacial score (nSPS) is 14.7. The van der Waals surface area contributed by atoms with Gasteiger partial charge in [0.1, 0.15) is 12.6 Å². The quantitative estimate of drug-likeness (QED) is 0.332. The van der Waals surface area contributed by atoms with Crippen LogP contribution in [0.5, 0.6) is 0 Å². The van der Waals surface area contributed by atoms with Gasteiger partial charge in [-0.15, -0.1) is 0 Å². The number of sulfonamides is 1. The number of anilines is 1. The van der Waals surface area contributed by atoms with E-state index in [1.54, 1.807) is 0 Å². The molecule has 4 rings (SSSR count). The van der Waals surface area contributed by atoms with E-state index in [4.69, 9.17) is 0 Å². The van der Waals surface area contributed by atoms with E-state index in [1.807, 2.05) is 61.5 Å². The van der Waals surface area contributed by atoms with Gasteiger partial charge in [0, 0.05) is 25.1 Å². The maximum Gasteiger partial charge on any atom is 0.244 e. The summed E-state index contributed by atoms with van der Waals surface area (Å²) in [5.74, 6) is -3.34. The van der Waals surface area contributed by atoms with Gasteiger partial charge in [0.25, 0.3) is 0 Å². The summed E-state index contributed by atoms with van der Waals surface area (Å²) >= 11 is 0. The molecule has 1 unspecified atom stereocenters. The highest BCUT2D eigenvalue weighted by Gasteiger charge is 2.34. The Kier molecular flexibility index (Phi) is 10.3. The topological polar surface area (TPSA) is 86.8 Å². The maximum absolute atomic E-state index is 14.1. The molecule has 1 aliphatic rings. The number of nitrogens with one attached hydrogen (secondary N) is 1. The number of halogens is 2. The number of nitrogens with zero attached hydrogens (tertiary/aromatic N) is 2. The lowest BCUT2D eigenvalue weighted by Gasteiger charge is -2.35. The molecule has 1 fully saturated rings. The Morgan fingerprint density at radius 1 is 0.905 bits per heavy atom. The second kappa shape index (κ2) is 13.9. The minimum Gasteiger partial charge on any atom is -0.352 e. The lowest BCUT2D eigenvalue weighted by atomic mass is 9.94. The molecule has 7 nitrogen and oxygen atoms in total. The maximum atomic E-state index is 14.1. The molecule has 0 heterocycles. The number of carbonyl (C=O) groups excluding carboxylic acids is 2. The van der Waals surface area contributed by atoms with Crippen LogP contribution in [0.4, 0.5) is 14.5 Å². The zero-order valence-corrected chi connectivity index (χ0v) is 24.7. The summed E-state index contributed by atoms with van der Waals surface area (Å²) in [6.45, 7) is 1.29. The van der Waals surface area contributed by atoms with Gasteiger partial charge in [0.05, 0.1) is 11.9 Å². The van der Waals surface area contributed by atoms with Gasteiger partial charge in [-0.25, -0.2) is 17.2 Å². The van der Waals surface area contributed by atoms with Gasteiger partial charge in [0.15, 0.2) is 11.6 Å². The van der Waals surface area contributed by atoms with Crippen LogP contribution in [0.2, 0.25) is 0 Å². The van der Waals surface area contributed by atoms with Gasteiger partial charge in [-0.05, 0) is 43.0 Å². The van der Waals surface area contributed by atoms with Crippen molar-refractivity contribution in [3.63, 3.8) is 0 Å². The van der Waals surface area contributed by atoms with Crippen molar-refractivity contribution in [2.75, 3.05) is 17.1 Å². The van der Waals surface area contributed by atoms with E-state index >= 15 is 0 Å². The second-order valence-electron chi connectivity index (χ2n) is 10.9. The van der Waals surface area contributed by atoms with Crippen LogP contribution in [0.25, 0.3) is 0 Å². The van der Waals surface area contributed by atoms with E-state index < -0.39 is 40.2 Å². The van der Waals surface area contributed by atoms with Crippen molar-refractivity contribution in [3.05, 3.63) is 101 Å². The summed E-state index contributed by atoms with van der Waals surface area (Å²) in [6.07, 6.45) is 5.95. The summed E-state index contributed by atoms with van der Waals surface area (Å²) in [5.41, 5.74) is 2.43. The smallest absolute Gasteiger partial charge is 0.244 e. The van der Waals surface area contributed by atoms with Crippen molar-refractivity contribution in [1.29, 1.82) is 0 Å². The molecule has 0 aromatic heterocycles. The molecule has 1 saturated carbocycles. The third kappa shape index (κ3) is 8.38. The molecule has 0 spiro atoms. The summed E-state index contributed by atoms with van der Waals surface area (Å²) in [6, 6.07) is 18.5. The monoisotopic (exact) mass is 597 g/mol. The van der Waals surface area contributed by atoms with Crippen LogP contribution in [-0.2, 0) is 32.6 Å². The summed E-state index contributed by atoms with van der Waals surface area (Å²) in [7, 11) is -4.09. The molecule has 1 atom stereocenters. The standard InChI is InChI=1S/C32H37F2N3O4S/c1-23-13-15-25(16-14-23)21-36(31(38)22-37(42(2,40)41)27-17-18-28(33)29(34)20-27)30(19-24-9-5-3-6-10-24)32(39)35-26-11-7-4-8-12-26/h3,5-6,9-10,13-18,20,26,30H,4,7-8,11-12,19,21-22H2,1-2H3,(H,35,39). The number of hydrogen-bond acceptors (Lipinski definition) is 4. The number of amides is 2. The molecule has 0 aliphatic heterocycles. The van der Waals surface area contributed by atoms with Crippen molar-refractivity contribution in [3.8, 4) is 0 Å². The molecule has 224 valence electrons. The fraction of sp³-hybridized carbons (Fsp3) is 0.375. The summed E-state index contributed by atoms with van der Waals surface area (Å²) in [5, 5.41) is 3.14. The van der Waals surface area contributed by atoms with Crippen molar-refractivity contribution in [2.24, 2.45) is 0 Å². The van der Waals surface area contributed by atoms with Crippen molar-refractivity contribution >= 4 is 27.5 Å². The lowest BCUT2D eigenvalue weighted by Crippen LogP contribution is -2.55. The zero-order valence-electron chi connectivity index (χ0n) is 23.9. The van der Waals surface area contributed by atoms with Gasteiger partial charge in [-0.2, -0.15) is 0 Å². The molecular weight excluding hydrogens is 560 g/mol. The number of carbonyl (C=O) groups is 2. The highest BCUT2D eigenvalue weighted by molar-refractivity contribution is 7.92. The molecule has 1 aliphatic carbocycles. The summed E-state index contributed by atoms with van der Waals surface area (Å²) < 4.78 is 54.1. The zero-order chi connectivity index (χ0) is 30.3. The van der Waals surface area contributed by atoms with Crippen molar-refractivity contribution in [2.45, 2.75) is 64.1 Å². The highest BCUT2D eigenvalue weighted by Crippen LogP contribution is 2.23. The molecule has 3 aromatic carbocycles. The Morgan fingerprint density at radius 2 is 1.57 bits per heavy atom. The predicted molar refractivity (Wildman–Crippen MR) is 159 cm³/mol. The van der Waals surface area contributed by atoms with E-state index in [-0.39, 0.29) is 30.6 Å². The highest BCUT2D eigenvalue weighted by atomic mass is 32.2. The molecule has 3 aromatic rings. The van der Waals surface area contributed by atoms with Crippen molar-refractivity contribution < 1.29 is 26.8 Å². The Hall–Kier alpha value is -3.79. The minimum absolute atomic E-state index is 0.00411. The third-order valence-corrected chi connectivity index (χ3v) is 8.71. The van der Waals surface area contributed by atoms with E-state index in [0.29, 0.717) is 0 Å². The minimum atomic E-state index is -4.09. The fourth-order valence-electron chi connectivity index (χ4n) is 5.24. The first-order chi connectivity index (χ1) is 20.0. The molecule has 10 heteroatoms. The van der Waals surface area contributed by atoms with Crippen molar-refractivity contribution in [1.82, 2.24) is 10.2 Å². The van der Waals surface area contributed by atoms with Gasteiger partial charge in [-0.3, -0.25) is 13.9 Å². The van der Waals surface area contributed by atoms with Crippen LogP contribution in [0.3, 0.4) is 0 Å². The first kappa shape index (κ1) is 31.2. The van der Waals surface area contributed by atoms with Gasteiger partial charge >= 0.3 is 0 Å². The largest absolute Gasteiger partial charge is 0.352 e. The van der Waals surface area contributed by atoms with Gasteiger partial charge < -0.3 is 10.2 Å². The van der Waals surface area contributed by atoms with E-state index in [1.165, 1.54) is 4.90 Å². The molecule has 42 heavy (non-hydrogen) atoms. The summed E-state index contributed by atoms with van der Waals surface area (Å²) in [4.78, 5) is 29.4. The average molecular weight is 598 g/mol. The van der Waals surface area contributed by atoms with E-state index in [2.05, 4.69) is 5.32 Å². The van der Waals surface area contributed by atoms with Crippen LogP contribution < -0.4 is 9.62 Å². The number of rotatable bonds is 11. The molecular formula is C32H37F2N3O4S. The second-order valence-corrected chi connectivity index (χ2v) is 12.8. The van der Waals surface area contributed by atoms with Crippen LogP contribution in [0.1, 0.15) is 48.8 Å². The van der Waals surface area contributed by atoms with Crippen LogP contribution >= 0.6 is 0 Å². The fourth-order valence-corrected chi connectivity index (χ4v) is 6.08. The van der Waals surface area contributed by atoms with Gasteiger partial charge in [-0.1, -0.05) is 79.4 Å². The Balaban J connectivity index is 1.72. The SMILES string of the molecule is Cc1ccc(CN(C(=O)CN(c2ccc(F)c(F)c2)S(C)(=O)=O)C(Cc2ccccc2)C(=O)NC2CCCCC2)cc1. The number of benzene rings is 3. The molecule has 0 saturated heterocycles. The third-order valence-electron chi connectivity index (χ3n) is 7.57. The Morgan fingerprint density at radius 3 is 2.19 bits per heavy atom. The number of aryl methyl sites for hydroxylation is 1. The number of hydrogen-bond donors (Lipinski definition) is 1. The Labute approximate surface area is 246 Å². The Bertz CT molecular complexity index is 1480.